The van der Waals surface area contributed by atoms with Crippen LogP contribution in [0.3, 0.4) is 0 Å². The van der Waals surface area contributed by atoms with Gasteiger partial charge in [-0.2, -0.15) is 4.31 Å². The molecule has 2 aromatic rings. The van der Waals surface area contributed by atoms with Crippen molar-refractivity contribution in [3.63, 3.8) is 0 Å². The second-order valence-electron chi connectivity index (χ2n) is 8.55. The van der Waals surface area contributed by atoms with E-state index in [1.807, 2.05) is 15.5 Å². The number of hydrogen-bond acceptors (Lipinski definition) is 5. The number of pyridine rings is 1. The molecule has 0 N–H and O–H groups in total. The molecule has 2 atom stereocenters. The van der Waals surface area contributed by atoms with E-state index in [1.54, 1.807) is 29.6 Å². The number of piperidine rings is 2. The SMILES string of the molecule is O=C(C1CCN(S(=O)(=O)c2cccs2)CC1)N1C[C@@H]2C[C@@H](C1)c1cccc(=O)n1C2. The molecule has 2 bridgehead atoms. The molecule has 2 saturated heterocycles. The Morgan fingerprint density at radius 2 is 1.83 bits per heavy atom. The summed E-state index contributed by atoms with van der Waals surface area (Å²) in [4.78, 5) is 27.4. The number of carbonyl (C=O) groups excluding carboxylic acids is 1. The topological polar surface area (TPSA) is 79.7 Å². The van der Waals surface area contributed by atoms with E-state index in [1.165, 1.54) is 15.6 Å². The lowest BCUT2D eigenvalue weighted by Crippen LogP contribution is -2.52. The summed E-state index contributed by atoms with van der Waals surface area (Å²) in [5.74, 6) is 0.524. The number of aromatic nitrogens is 1. The van der Waals surface area contributed by atoms with Gasteiger partial charge in [0.15, 0.2) is 0 Å². The van der Waals surface area contributed by atoms with Crippen molar-refractivity contribution in [2.75, 3.05) is 26.2 Å². The fourth-order valence-corrected chi connectivity index (χ4v) is 7.83. The van der Waals surface area contributed by atoms with Crippen molar-refractivity contribution in [1.82, 2.24) is 13.8 Å². The number of carbonyl (C=O) groups is 1. The third kappa shape index (κ3) is 3.42. The zero-order valence-electron chi connectivity index (χ0n) is 16.6. The Morgan fingerprint density at radius 3 is 2.57 bits per heavy atom. The number of hydrogen-bond donors (Lipinski definition) is 0. The van der Waals surface area contributed by atoms with Crippen molar-refractivity contribution in [2.45, 2.75) is 35.9 Å². The summed E-state index contributed by atoms with van der Waals surface area (Å²) in [5.41, 5.74) is 1.08. The van der Waals surface area contributed by atoms with Crippen LogP contribution in [0.4, 0.5) is 0 Å². The van der Waals surface area contributed by atoms with E-state index in [0.717, 1.165) is 12.1 Å². The van der Waals surface area contributed by atoms with Crippen molar-refractivity contribution in [3.8, 4) is 0 Å². The van der Waals surface area contributed by atoms with E-state index in [9.17, 15) is 18.0 Å². The first kappa shape index (κ1) is 20.0. The molecule has 160 valence electrons. The third-order valence-corrected chi connectivity index (χ3v) is 9.96. The summed E-state index contributed by atoms with van der Waals surface area (Å²) in [5, 5.41) is 1.77. The maximum atomic E-state index is 13.2. The van der Waals surface area contributed by atoms with Gasteiger partial charge in [0.25, 0.3) is 15.6 Å². The molecule has 2 fully saturated rings. The van der Waals surface area contributed by atoms with Gasteiger partial charge in [0.2, 0.25) is 5.91 Å². The van der Waals surface area contributed by atoms with Crippen molar-refractivity contribution < 1.29 is 13.2 Å². The fourth-order valence-electron chi connectivity index (χ4n) is 5.22. The van der Waals surface area contributed by atoms with Gasteiger partial charge in [0, 0.05) is 56.3 Å². The molecule has 0 unspecified atom stereocenters. The molecule has 2 aromatic heterocycles. The van der Waals surface area contributed by atoms with Gasteiger partial charge in [-0.15, -0.1) is 11.3 Å². The van der Waals surface area contributed by atoms with Gasteiger partial charge >= 0.3 is 0 Å². The summed E-state index contributed by atoms with van der Waals surface area (Å²) in [6, 6.07) is 8.79. The van der Waals surface area contributed by atoms with Gasteiger partial charge < -0.3 is 9.47 Å². The standard InChI is InChI=1S/C21H25N3O4S2/c25-19-4-1-3-18-17-11-15(13-24(18)19)12-22(14-17)21(26)16-6-8-23(9-7-16)30(27,28)20-5-2-10-29-20/h1-5,10,15-17H,6-9,11-14H2/t15-,17-/m0/s1. The van der Waals surface area contributed by atoms with E-state index < -0.39 is 10.0 Å². The smallest absolute Gasteiger partial charge is 0.252 e. The average molecular weight is 448 g/mol. The summed E-state index contributed by atoms with van der Waals surface area (Å²) >= 11 is 1.23. The second-order valence-corrected chi connectivity index (χ2v) is 11.7. The predicted octanol–water partition coefficient (Wildman–Crippen LogP) is 1.96. The van der Waals surface area contributed by atoms with Gasteiger partial charge in [0.1, 0.15) is 4.21 Å². The molecule has 0 aromatic carbocycles. The van der Waals surface area contributed by atoms with Crippen LogP contribution in [0.1, 0.15) is 30.9 Å². The van der Waals surface area contributed by atoms with E-state index in [2.05, 4.69) is 0 Å². The Morgan fingerprint density at radius 1 is 1.03 bits per heavy atom. The van der Waals surface area contributed by atoms with Gasteiger partial charge in [0.05, 0.1) is 0 Å². The molecule has 30 heavy (non-hydrogen) atoms. The first-order valence-electron chi connectivity index (χ1n) is 10.5. The highest BCUT2D eigenvalue weighted by Crippen LogP contribution is 2.36. The van der Waals surface area contributed by atoms with Crippen LogP contribution in [0, 0.1) is 11.8 Å². The van der Waals surface area contributed by atoms with E-state index >= 15 is 0 Å². The van der Waals surface area contributed by atoms with Gasteiger partial charge in [-0.25, -0.2) is 8.42 Å². The van der Waals surface area contributed by atoms with Crippen molar-refractivity contribution in [2.24, 2.45) is 11.8 Å². The van der Waals surface area contributed by atoms with Gasteiger partial charge in [-0.3, -0.25) is 9.59 Å². The number of amides is 1. The lowest BCUT2D eigenvalue weighted by atomic mass is 9.82. The quantitative estimate of drug-likeness (QED) is 0.721. The first-order chi connectivity index (χ1) is 14.4. The Hall–Kier alpha value is -1.97. The molecule has 0 saturated carbocycles. The highest BCUT2D eigenvalue weighted by molar-refractivity contribution is 7.91. The summed E-state index contributed by atoms with van der Waals surface area (Å²) in [7, 11) is -3.45. The number of thiophene rings is 1. The maximum Gasteiger partial charge on any atom is 0.252 e. The van der Waals surface area contributed by atoms with Crippen LogP contribution in [0.15, 0.2) is 44.7 Å². The van der Waals surface area contributed by atoms with E-state index in [0.29, 0.717) is 55.7 Å². The van der Waals surface area contributed by atoms with Crippen LogP contribution in [0.5, 0.6) is 0 Å². The average Bonchev–Trinajstić information content (AvgIpc) is 3.30. The lowest BCUT2D eigenvalue weighted by molar-refractivity contribution is -0.139. The molecular weight excluding hydrogens is 422 g/mol. The maximum absolute atomic E-state index is 13.2. The summed E-state index contributed by atoms with van der Waals surface area (Å²) < 4.78 is 29.2. The molecule has 0 spiro atoms. The van der Waals surface area contributed by atoms with Gasteiger partial charge in [-0.1, -0.05) is 12.1 Å². The predicted molar refractivity (Wildman–Crippen MR) is 114 cm³/mol. The van der Waals surface area contributed by atoms with Crippen molar-refractivity contribution >= 4 is 27.3 Å². The van der Waals surface area contributed by atoms with Crippen LogP contribution < -0.4 is 5.56 Å². The molecule has 0 aliphatic carbocycles. The molecule has 0 radical (unpaired) electrons. The minimum atomic E-state index is -3.45. The Kier molecular flexibility index (Phi) is 5.07. The normalized spacial score (nSPS) is 25.1. The van der Waals surface area contributed by atoms with Crippen LogP contribution in [0.2, 0.25) is 0 Å². The zero-order valence-corrected chi connectivity index (χ0v) is 18.3. The van der Waals surface area contributed by atoms with E-state index in [4.69, 9.17) is 0 Å². The number of sulfonamides is 1. The Bertz CT molecular complexity index is 1100. The highest BCUT2D eigenvalue weighted by atomic mass is 32.2. The second kappa shape index (κ2) is 7.62. The Labute approximate surface area is 180 Å². The Balaban J connectivity index is 1.26. The third-order valence-electron chi connectivity index (χ3n) is 6.68. The minimum absolute atomic E-state index is 0.0429. The number of fused-ring (bicyclic) bond motifs is 4. The highest BCUT2D eigenvalue weighted by Gasteiger charge is 2.39. The first-order valence-corrected chi connectivity index (χ1v) is 12.8. The molecule has 1 amide bonds. The van der Waals surface area contributed by atoms with Crippen molar-refractivity contribution in [3.05, 3.63) is 51.8 Å². The van der Waals surface area contributed by atoms with Crippen LogP contribution in [-0.4, -0.2) is 54.3 Å². The molecule has 5 heterocycles. The fraction of sp³-hybridized carbons (Fsp3) is 0.524. The van der Waals surface area contributed by atoms with Crippen LogP contribution in [0.25, 0.3) is 0 Å². The molecule has 3 aliphatic heterocycles. The molecule has 7 nitrogen and oxygen atoms in total. The van der Waals surface area contributed by atoms with Gasteiger partial charge in [-0.05, 0) is 42.7 Å². The monoisotopic (exact) mass is 447 g/mol. The van der Waals surface area contributed by atoms with E-state index in [-0.39, 0.29) is 23.3 Å². The number of rotatable bonds is 3. The largest absolute Gasteiger partial charge is 0.341 e. The number of nitrogens with zero attached hydrogens (tertiary/aromatic N) is 3. The van der Waals surface area contributed by atoms with Crippen molar-refractivity contribution in [1.29, 1.82) is 0 Å². The minimum Gasteiger partial charge on any atom is -0.341 e. The van der Waals surface area contributed by atoms with Crippen LogP contribution in [-0.2, 0) is 21.4 Å². The molecular formula is C21H25N3O4S2. The zero-order chi connectivity index (χ0) is 20.9. The lowest BCUT2D eigenvalue weighted by Gasteiger charge is -2.44. The molecule has 9 heteroatoms. The molecule has 5 rings (SSSR count). The summed E-state index contributed by atoms with van der Waals surface area (Å²) in [6.07, 6.45) is 2.14. The summed E-state index contributed by atoms with van der Waals surface area (Å²) in [6.45, 7) is 2.77. The number of likely N-dealkylation sites (tertiary alicyclic amines) is 1. The van der Waals surface area contributed by atoms with Crippen LogP contribution >= 0.6 is 11.3 Å². The molecule has 3 aliphatic rings.